The average molecular weight is 307 g/mol. The molecule has 0 aliphatic rings. The standard InChI is InChI=1S/C14H15BrN2O/c1-10-8-13(15)14(16-9-10)17(2)11-4-6-12(18-3)7-5-11/h4-9H,1-3H3. The lowest BCUT2D eigenvalue weighted by Crippen LogP contribution is -2.11. The van der Waals surface area contributed by atoms with Gasteiger partial charge in [0.05, 0.1) is 11.6 Å². The molecule has 18 heavy (non-hydrogen) atoms. The number of aryl methyl sites for hydroxylation is 1. The molecule has 0 saturated carbocycles. The van der Waals surface area contributed by atoms with Crippen molar-refractivity contribution in [1.82, 2.24) is 4.98 Å². The molecule has 0 radical (unpaired) electrons. The molecule has 0 saturated heterocycles. The molecule has 1 aromatic heterocycles. The Bertz CT molecular complexity index is 540. The first-order valence-corrected chi connectivity index (χ1v) is 6.41. The van der Waals surface area contributed by atoms with Crippen molar-refractivity contribution in [3.63, 3.8) is 0 Å². The summed E-state index contributed by atoms with van der Waals surface area (Å²) in [5.41, 5.74) is 2.20. The maximum Gasteiger partial charge on any atom is 0.147 e. The highest BCUT2D eigenvalue weighted by Crippen LogP contribution is 2.30. The van der Waals surface area contributed by atoms with Gasteiger partial charge in [-0.15, -0.1) is 0 Å². The van der Waals surface area contributed by atoms with Crippen LogP contribution in [0.5, 0.6) is 5.75 Å². The molecule has 0 aliphatic heterocycles. The Morgan fingerprint density at radius 1 is 1.22 bits per heavy atom. The minimum Gasteiger partial charge on any atom is -0.497 e. The Labute approximate surface area is 116 Å². The van der Waals surface area contributed by atoms with Crippen molar-refractivity contribution in [3.8, 4) is 5.75 Å². The van der Waals surface area contributed by atoms with E-state index in [-0.39, 0.29) is 0 Å². The number of rotatable bonds is 3. The van der Waals surface area contributed by atoms with Crippen LogP contribution in [0, 0.1) is 6.92 Å². The normalized spacial score (nSPS) is 10.2. The summed E-state index contributed by atoms with van der Waals surface area (Å²) in [6.45, 7) is 2.02. The lowest BCUT2D eigenvalue weighted by molar-refractivity contribution is 0.415. The number of hydrogen-bond acceptors (Lipinski definition) is 3. The minimum atomic E-state index is 0.850. The highest BCUT2D eigenvalue weighted by molar-refractivity contribution is 9.10. The summed E-state index contributed by atoms with van der Waals surface area (Å²) < 4.78 is 6.14. The van der Waals surface area contributed by atoms with Gasteiger partial charge in [0.1, 0.15) is 11.6 Å². The highest BCUT2D eigenvalue weighted by Gasteiger charge is 2.09. The maximum absolute atomic E-state index is 5.15. The molecule has 1 heterocycles. The number of methoxy groups -OCH3 is 1. The molecular formula is C14H15BrN2O. The van der Waals surface area contributed by atoms with Gasteiger partial charge in [0, 0.05) is 18.9 Å². The lowest BCUT2D eigenvalue weighted by atomic mass is 10.2. The van der Waals surface area contributed by atoms with E-state index in [0.717, 1.165) is 27.3 Å². The van der Waals surface area contributed by atoms with Gasteiger partial charge in [-0.3, -0.25) is 0 Å². The summed E-state index contributed by atoms with van der Waals surface area (Å²) in [7, 11) is 3.65. The van der Waals surface area contributed by atoms with Gasteiger partial charge in [0.25, 0.3) is 0 Å². The third kappa shape index (κ3) is 2.64. The van der Waals surface area contributed by atoms with E-state index in [2.05, 4.69) is 27.0 Å². The molecule has 0 bridgehead atoms. The Balaban J connectivity index is 2.31. The molecule has 1 aromatic carbocycles. The third-order valence-corrected chi connectivity index (χ3v) is 3.32. The van der Waals surface area contributed by atoms with E-state index in [0.29, 0.717) is 0 Å². The fourth-order valence-electron chi connectivity index (χ4n) is 1.70. The summed E-state index contributed by atoms with van der Waals surface area (Å²) in [6, 6.07) is 9.95. The predicted molar refractivity (Wildman–Crippen MR) is 77.7 cm³/mol. The summed E-state index contributed by atoms with van der Waals surface area (Å²) in [4.78, 5) is 6.48. The zero-order valence-electron chi connectivity index (χ0n) is 10.6. The SMILES string of the molecule is COc1ccc(N(C)c2ncc(C)cc2Br)cc1. The smallest absolute Gasteiger partial charge is 0.147 e. The largest absolute Gasteiger partial charge is 0.497 e. The van der Waals surface area contributed by atoms with E-state index in [9.17, 15) is 0 Å². The van der Waals surface area contributed by atoms with Gasteiger partial charge in [0.15, 0.2) is 0 Å². The third-order valence-electron chi connectivity index (χ3n) is 2.74. The summed E-state index contributed by atoms with van der Waals surface area (Å²) >= 11 is 3.54. The Morgan fingerprint density at radius 3 is 2.44 bits per heavy atom. The number of ether oxygens (including phenoxy) is 1. The second-order valence-corrected chi connectivity index (χ2v) is 4.93. The number of anilines is 2. The molecule has 0 N–H and O–H groups in total. The van der Waals surface area contributed by atoms with Crippen molar-refractivity contribution in [2.45, 2.75) is 6.92 Å². The van der Waals surface area contributed by atoms with Crippen LogP contribution >= 0.6 is 15.9 Å². The molecule has 0 aliphatic carbocycles. The number of benzene rings is 1. The van der Waals surface area contributed by atoms with E-state index in [1.165, 1.54) is 0 Å². The van der Waals surface area contributed by atoms with Crippen molar-refractivity contribution in [2.24, 2.45) is 0 Å². The van der Waals surface area contributed by atoms with E-state index < -0.39 is 0 Å². The number of nitrogens with zero attached hydrogens (tertiary/aromatic N) is 2. The van der Waals surface area contributed by atoms with Crippen molar-refractivity contribution in [1.29, 1.82) is 0 Å². The molecular weight excluding hydrogens is 292 g/mol. The van der Waals surface area contributed by atoms with E-state index in [1.807, 2.05) is 49.3 Å². The van der Waals surface area contributed by atoms with Crippen LogP contribution < -0.4 is 9.64 Å². The summed E-state index contributed by atoms with van der Waals surface area (Å²) in [5, 5.41) is 0. The van der Waals surface area contributed by atoms with E-state index in [4.69, 9.17) is 4.74 Å². The lowest BCUT2D eigenvalue weighted by Gasteiger charge is -2.20. The monoisotopic (exact) mass is 306 g/mol. The van der Waals surface area contributed by atoms with E-state index in [1.54, 1.807) is 7.11 Å². The molecule has 94 valence electrons. The van der Waals surface area contributed by atoms with Crippen LogP contribution in [0.1, 0.15) is 5.56 Å². The Morgan fingerprint density at radius 2 is 1.89 bits per heavy atom. The van der Waals surface area contributed by atoms with Gasteiger partial charge in [-0.25, -0.2) is 4.98 Å². The average Bonchev–Trinajstić information content (AvgIpc) is 2.38. The van der Waals surface area contributed by atoms with Crippen LogP contribution in [0.4, 0.5) is 11.5 Å². The fraction of sp³-hybridized carbons (Fsp3) is 0.214. The van der Waals surface area contributed by atoms with Crippen LogP contribution in [0.25, 0.3) is 0 Å². The van der Waals surface area contributed by atoms with Crippen molar-refractivity contribution in [3.05, 3.63) is 46.6 Å². The minimum absolute atomic E-state index is 0.850. The highest BCUT2D eigenvalue weighted by atomic mass is 79.9. The fourth-order valence-corrected chi connectivity index (χ4v) is 2.43. The first-order valence-electron chi connectivity index (χ1n) is 5.61. The van der Waals surface area contributed by atoms with Gasteiger partial charge in [0.2, 0.25) is 0 Å². The molecule has 4 heteroatoms. The van der Waals surface area contributed by atoms with Gasteiger partial charge < -0.3 is 9.64 Å². The number of pyridine rings is 1. The second-order valence-electron chi connectivity index (χ2n) is 4.08. The van der Waals surface area contributed by atoms with Crippen LogP contribution in [0.15, 0.2) is 41.0 Å². The van der Waals surface area contributed by atoms with Crippen LogP contribution in [-0.2, 0) is 0 Å². The van der Waals surface area contributed by atoms with Gasteiger partial charge in [-0.1, -0.05) is 0 Å². The first-order chi connectivity index (χ1) is 8.61. The van der Waals surface area contributed by atoms with Crippen molar-refractivity contribution >= 4 is 27.4 Å². The molecule has 0 unspecified atom stereocenters. The predicted octanol–water partition coefficient (Wildman–Crippen LogP) is 3.93. The van der Waals surface area contributed by atoms with Crippen molar-refractivity contribution in [2.75, 3.05) is 19.1 Å². The quantitative estimate of drug-likeness (QED) is 0.859. The number of aromatic nitrogens is 1. The Kier molecular flexibility index (Phi) is 3.87. The van der Waals surface area contributed by atoms with Gasteiger partial charge >= 0.3 is 0 Å². The molecule has 0 spiro atoms. The Hall–Kier alpha value is -1.55. The number of hydrogen-bond donors (Lipinski definition) is 0. The summed E-state index contributed by atoms with van der Waals surface area (Å²) in [6.07, 6.45) is 1.86. The molecule has 2 aromatic rings. The number of halogens is 1. The molecule has 2 rings (SSSR count). The molecule has 3 nitrogen and oxygen atoms in total. The molecule has 0 atom stereocenters. The van der Waals surface area contributed by atoms with Crippen molar-refractivity contribution < 1.29 is 4.74 Å². The zero-order chi connectivity index (χ0) is 13.1. The molecule has 0 amide bonds. The van der Waals surface area contributed by atoms with E-state index >= 15 is 0 Å². The second kappa shape index (κ2) is 5.40. The van der Waals surface area contributed by atoms with Gasteiger partial charge in [-0.05, 0) is 58.7 Å². The maximum atomic E-state index is 5.15. The van der Waals surface area contributed by atoms with Crippen LogP contribution in [0.3, 0.4) is 0 Å². The topological polar surface area (TPSA) is 25.4 Å². The zero-order valence-corrected chi connectivity index (χ0v) is 12.2. The van der Waals surface area contributed by atoms with Crippen LogP contribution in [0.2, 0.25) is 0 Å². The summed E-state index contributed by atoms with van der Waals surface area (Å²) in [5.74, 6) is 1.74. The van der Waals surface area contributed by atoms with Crippen LogP contribution in [-0.4, -0.2) is 19.1 Å². The van der Waals surface area contributed by atoms with Gasteiger partial charge in [-0.2, -0.15) is 0 Å². The molecule has 0 fully saturated rings. The first kappa shape index (κ1) is 12.9.